The number of hydrogen-bond donors (Lipinski definition) is 1. The molecule has 2 aliphatic rings. The number of ether oxygens (including phenoxy) is 1. The van der Waals surface area contributed by atoms with Crippen LogP contribution in [0.1, 0.15) is 54.5 Å². The van der Waals surface area contributed by atoms with E-state index in [1.807, 2.05) is 28.8 Å². The van der Waals surface area contributed by atoms with Gasteiger partial charge in [-0.1, -0.05) is 17.8 Å². The second kappa shape index (κ2) is 11.3. The van der Waals surface area contributed by atoms with Crippen LogP contribution in [0.15, 0.2) is 42.1 Å². The van der Waals surface area contributed by atoms with Crippen LogP contribution < -0.4 is 10.1 Å². The Bertz CT molecular complexity index is 1280. The van der Waals surface area contributed by atoms with Gasteiger partial charge in [0, 0.05) is 17.0 Å². The Morgan fingerprint density at radius 2 is 2.00 bits per heavy atom. The number of carbonyl (C=O) groups is 1. The topological polar surface area (TPSA) is 92.8 Å². The van der Waals surface area contributed by atoms with E-state index in [4.69, 9.17) is 4.74 Å². The molecule has 1 fully saturated rings. The number of allylic oxidation sites excluding steroid dienone is 1. The summed E-state index contributed by atoms with van der Waals surface area (Å²) in [4.78, 5) is 14.0. The molecular formula is C27H29N5O2S2. The van der Waals surface area contributed by atoms with Gasteiger partial charge in [-0.3, -0.25) is 9.36 Å². The first-order chi connectivity index (χ1) is 17.7. The van der Waals surface area contributed by atoms with Crippen molar-refractivity contribution in [2.45, 2.75) is 69.2 Å². The van der Waals surface area contributed by atoms with Gasteiger partial charge in [0.1, 0.15) is 16.8 Å². The van der Waals surface area contributed by atoms with Crippen molar-refractivity contribution >= 4 is 34.0 Å². The molecule has 1 N–H and O–H groups in total. The molecule has 5 rings (SSSR count). The Labute approximate surface area is 219 Å². The predicted molar refractivity (Wildman–Crippen MR) is 144 cm³/mol. The van der Waals surface area contributed by atoms with E-state index in [0.717, 1.165) is 61.2 Å². The van der Waals surface area contributed by atoms with Crippen LogP contribution in [0.5, 0.6) is 5.75 Å². The molecule has 0 aliphatic heterocycles. The van der Waals surface area contributed by atoms with E-state index in [1.165, 1.54) is 40.8 Å². The Morgan fingerprint density at radius 3 is 2.75 bits per heavy atom. The van der Waals surface area contributed by atoms with E-state index in [2.05, 4.69) is 28.2 Å². The van der Waals surface area contributed by atoms with Gasteiger partial charge in [-0.2, -0.15) is 5.26 Å². The van der Waals surface area contributed by atoms with E-state index in [-0.39, 0.29) is 11.7 Å². The number of thiophene rings is 1. The first-order valence-electron chi connectivity index (χ1n) is 12.4. The minimum Gasteiger partial charge on any atom is -0.490 e. The first kappa shape index (κ1) is 24.6. The molecule has 2 aliphatic carbocycles. The number of benzene rings is 1. The van der Waals surface area contributed by atoms with Crippen molar-refractivity contribution in [2.24, 2.45) is 0 Å². The van der Waals surface area contributed by atoms with Crippen molar-refractivity contribution in [3.63, 3.8) is 0 Å². The molecule has 2 heterocycles. The summed E-state index contributed by atoms with van der Waals surface area (Å²) in [5.41, 5.74) is 2.68. The van der Waals surface area contributed by atoms with Crippen LogP contribution in [-0.4, -0.2) is 32.5 Å². The third kappa shape index (κ3) is 5.35. The lowest BCUT2D eigenvalue weighted by molar-refractivity contribution is -0.113. The minimum absolute atomic E-state index is 0.154. The first-order valence-corrected chi connectivity index (χ1v) is 14.2. The van der Waals surface area contributed by atoms with Crippen molar-refractivity contribution in [1.29, 1.82) is 5.26 Å². The molecule has 0 spiro atoms. The summed E-state index contributed by atoms with van der Waals surface area (Å²) in [6.07, 6.45) is 11.0. The largest absolute Gasteiger partial charge is 0.490 e. The molecule has 36 heavy (non-hydrogen) atoms. The number of thioether (sulfide) groups is 1. The molecule has 0 saturated heterocycles. The summed E-state index contributed by atoms with van der Waals surface area (Å²) in [7, 11) is 0. The van der Waals surface area contributed by atoms with Crippen molar-refractivity contribution < 1.29 is 9.53 Å². The number of nitrogens with zero attached hydrogens (tertiary/aromatic N) is 4. The third-order valence-corrected chi connectivity index (χ3v) is 8.79. The molecule has 0 radical (unpaired) electrons. The number of nitrogens with one attached hydrogen (secondary N) is 1. The van der Waals surface area contributed by atoms with Crippen LogP contribution in [0.2, 0.25) is 0 Å². The molecule has 0 bridgehead atoms. The van der Waals surface area contributed by atoms with Gasteiger partial charge in [-0.05, 0) is 81.2 Å². The van der Waals surface area contributed by atoms with Crippen molar-refractivity contribution in [3.8, 4) is 23.2 Å². The summed E-state index contributed by atoms with van der Waals surface area (Å²) < 4.78 is 8.04. The van der Waals surface area contributed by atoms with Crippen molar-refractivity contribution in [3.05, 3.63) is 52.9 Å². The lowest BCUT2D eigenvalue weighted by atomic mass is 9.96. The lowest BCUT2D eigenvalue weighted by Gasteiger charge is -2.13. The Hall–Kier alpha value is -3.09. The molecule has 1 saturated carbocycles. The number of hydrogen-bond acceptors (Lipinski definition) is 7. The summed E-state index contributed by atoms with van der Waals surface area (Å²) in [6.45, 7) is 4.40. The number of nitriles is 1. The van der Waals surface area contributed by atoms with Crippen molar-refractivity contribution in [2.75, 3.05) is 11.1 Å². The van der Waals surface area contributed by atoms with Crippen LogP contribution in [-0.2, 0) is 24.2 Å². The zero-order chi connectivity index (χ0) is 24.9. The second-order valence-corrected chi connectivity index (χ2v) is 11.2. The molecule has 2 aromatic heterocycles. The van der Waals surface area contributed by atoms with Gasteiger partial charge in [0.25, 0.3) is 0 Å². The van der Waals surface area contributed by atoms with E-state index in [0.29, 0.717) is 28.4 Å². The zero-order valence-electron chi connectivity index (χ0n) is 20.2. The molecule has 1 amide bonds. The fourth-order valence-electron chi connectivity index (χ4n) is 4.85. The Morgan fingerprint density at radius 1 is 1.22 bits per heavy atom. The van der Waals surface area contributed by atoms with Crippen molar-refractivity contribution in [1.82, 2.24) is 14.8 Å². The molecule has 186 valence electrons. The highest BCUT2D eigenvalue weighted by Crippen LogP contribution is 2.38. The van der Waals surface area contributed by atoms with Gasteiger partial charge in [0.2, 0.25) is 5.91 Å². The van der Waals surface area contributed by atoms with Crippen LogP contribution in [0.25, 0.3) is 11.4 Å². The van der Waals surface area contributed by atoms with Gasteiger partial charge in [-0.15, -0.1) is 28.1 Å². The predicted octanol–water partition coefficient (Wildman–Crippen LogP) is 6.00. The molecule has 0 unspecified atom stereocenters. The summed E-state index contributed by atoms with van der Waals surface area (Å²) in [6, 6.07) is 10.3. The highest BCUT2D eigenvalue weighted by molar-refractivity contribution is 7.99. The SMILES string of the molecule is C=CCn1c(SCC(=O)Nc2sc3c(c2C#N)CCCC3)nnc1-c1ccc(OC2CCCC2)cc1. The van der Waals surface area contributed by atoms with E-state index < -0.39 is 0 Å². The fourth-order valence-corrected chi connectivity index (χ4v) is 6.85. The highest BCUT2D eigenvalue weighted by Gasteiger charge is 2.22. The summed E-state index contributed by atoms with van der Waals surface area (Å²) in [5.74, 6) is 1.62. The van der Waals surface area contributed by atoms with E-state index in [1.54, 1.807) is 6.08 Å². The van der Waals surface area contributed by atoms with Gasteiger partial charge in [0.15, 0.2) is 11.0 Å². The molecule has 3 aromatic rings. The molecule has 7 nitrogen and oxygen atoms in total. The number of fused-ring (bicyclic) bond motifs is 1. The maximum Gasteiger partial charge on any atom is 0.235 e. The van der Waals surface area contributed by atoms with Gasteiger partial charge in [0.05, 0.1) is 17.4 Å². The maximum atomic E-state index is 12.8. The minimum atomic E-state index is -0.154. The Kier molecular flexibility index (Phi) is 7.73. The van der Waals surface area contributed by atoms with Gasteiger partial charge >= 0.3 is 0 Å². The average Bonchev–Trinajstić information content (AvgIpc) is 3.62. The van der Waals surface area contributed by atoms with Crippen LogP contribution in [0, 0.1) is 11.3 Å². The van der Waals surface area contributed by atoms with E-state index in [9.17, 15) is 10.1 Å². The van der Waals surface area contributed by atoms with Crippen LogP contribution in [0.4, 0.5) is 5.00 Å². The molecule has 0 atom stereocenters. The summed E-state index contributed by atoms with van der Waals surface area (Å²) >= 11 is 2.87. The quantitative estimate of drug-likeness (QED) is 0.275. The number of carbonyl (C=O) groups excluding carboxylic acids is 1. The Balaban J connectivity index is 1.25. The average molecular weight is 520 g/mol. The van der Waals surface area contributed by atoms with Crippen LogP contribution >= 0.6 is 23.1 Å². The van der Waals surface area contributed by atoms with Gasteiger partial charge in [-0.25, -0.2) is 0 Å². The molecule has 1 aromatic carbocycles. The fraction of sp³-hybridized carbons (Fsp3) is 0.407. The number of amides is 1. The summed E-state index contributed by atoms with van der Waals surface area (Å²) in [5, 5.41) is 22.7. The lowest BCUT2D eigenvalue weighted by Crippen LogP contribution is -2.14. The second-order valence-electron chi connectivity index (χ2n) is 9.12. The zero-order valence-corrected chi connectivity index (χ0v) is 21.8. The molecule has 9 heteroatoms. The standard InChI is InChI=1S/C27H29N5O2S2/c1-2-15-32-25(18-11-13-20(14-12-18)34-19-7-3-4-8-19)30-31-27(32)35-17-24(33)29-26-22(16-28)21-9-5-6-10-23(21)36-26/h2,11-14,19H,1,3-10,15,17H2,(H,29,33). The number of rotatable bonds is 9. The van der Waals surface area contributed by atoms with E-state index >= 15 is 0 Å². The third-order valence-electron chi connectivity index (χ3n) is 6.61. The number of anilines is 1. The number of aromatic nitrogens is 3. The smallest absolute Gasteiger partial charge is 0.235 e. The normalized spacial score (nSPS) is 15.3. The van der Waals surface area contributed by atoms with Gasteiger partial charge < -0.3 is 10.1 Å². The maximum absolute atomic E-state index is 12.8. The number of aryl methyl sites for hydroxylation is 1. The van der Waals surface area contributed by atoms with Crippen LogP contribution in [0.3, 0.4) is 0 Å². The highest BCUT2D eigenvalue weighted by atomic mass is 32.2. The monoisotopic (exact) mass is 519 g/mol. The molecular weight excluding hydrogens is 490 g/mol.